The number of fused-ring (bicyclic) bond motifs is 1. The van der Waals surface area contributed by atoms with E-state index in [1.807, 2.05) is 24.3 Å². The van der Waals surface area contributed by atoms with Crippen LogP contribution < -0.4 is 15.2 Å². The first-order valence-electron chi connectivity index (χ1n) is 13.9. The third kappa shape index (κ3) is 3.65. The van der Waals surface area contributed by atoms with E-state index in [0.717, 1.165) is 24.0 Å². The van der Waals surface area contributed by atoms with E-state index in [2.05, 4.69) is 18.2 Å². The lowest BCUT2D eigenvalue weighted by molar-refractivity contribution is -0.175. The number of ketones is 1. The number of Topliss-reactive ketones (excluding diaryl/α,β-unsaturated/α-hetero) is 1. The van der Waals surface area contributed by atoms with E-state index in [1.165, 1.54) is 16.7 Å². The molecule has 39 heavy (non-hydrogen) atoms. The van der Waals surface area contributed by atoms with E-state index >= 15 is 0 Å². The number of nitrogens with two attached hydrogens (primary N) is 1. The lowest BCUT2D eigenvalue weighted by Gasteiger charge is -2.62. The van der Waals surface area contributed by atoms with Gasteiger partial charge in [0, 0.05) is 23.9 Å². The number of benzene rings is 2. The van der Waals surface area contributed by atoms with E-state index in [0.29, 0.717) is 43.6 Å². The van der Waals surface area contributed by atoms with Gasteiger partial charge < -0.3 is 20.1 Å². The van der Waals surface area contributed by atoms with Gasteiger partial charge in [-0.15, -0.1) is 0 Å². The number of hydrogen-bond donors (Lipinski definition) is 2. The quantitative estimate of drug-likeness (QED) is 0.386. The smallest absolute Gasteiger partial charge is 0.472 e. The molecule has 1 aliphatic heterocycles. The van der Waals surface area contributed by atoms with Crippen LogP contribution in [0.25, 0.3) is 0 Å². The van der Waals surface area contributed by atoms with Crippen LogP contribution in [0.15, 0.2) is 48.0 Å². The van der Waals surface area contributed by atoms with Gasteiger partial charge in [-0.25, -0.2) is 4.57 Å². The average Bonchev–Trinajstić information content (AvgIpc) is 3.28. The molecule has 0 saturated heterocycles. The topological polar surface area (TPSA) is 117 Å². The van der Waals surface area contributed by atoms with Crippen molar-refractivity contribution in [3.8, 4) is 11.5 Å². The molecule has 0 aromatic heterocycles. The average molecular weight is 552 g/mol. The van der Waals surface area contributed by atoms with Crippen LogP contribution >= 0.6 is 7.82 Å². The lowest BCUT2D eigenvalue weighted by Crippen LogP contribution is -2.73. The lowest BCUT2D eigenvalue weighted by atomic mass is 9.45. The number of rotatable bonds is 7. The van der Waals surface area contributed by atoms with Crippen molar-refractivity contribution in [3.05, 3.63) is 70.3 Å². The Hall–Kier alpha value is -2.48. The van der Waals surface area contributed by atoms with E-state index in [9.17, 15) is 14.3 Å². The van der Waals surface area contributed by atoms with Crippen molar-refractivity contribution < 1.29 is 32.8 Å². The summed E-state index contributed by atoms with van der Waals surface area (Å²) in [6, 6.07) is 12.0. The van der Waals surface area contributed by atoms with Gasteiger partial charge in [0.2, 0.25) is 0 Å². The van der Waals surface area contributed by atoms with Gasteiger partial charge in [-0.1, -0.05) is 42.0 Å². The van der Waals surface area contributed by atoms with Crippen molar-refractivity contribution in [2.24, 2.45) is 11.7 Å². The number of methoxy groups -OCH3 is 1. The predicted octanol–water partition coefficient (Wildman–Crippen LogP) is 4.34. The first kappa shape index (κ1) is 25.5. The van der Waals surface area contributed by atoms with Gasteiger partial charge in [0.25, 0.3) is 0 Å². The maximum atomic E-state index is 13.6. The van der Waals surface area contributed by atoms with E-state index in [4.69, 9.17) is 24.3 Å². The Labute approximate surface area is 228 Å². The van der Waals surface area contributed by atoms with Crippen LogP contribution in [0.3, 0.4) is 0 Å². The van der Waals surface area contributed by atoms with Gasteiger partial charge in [0.15, 0.2) is 23.4 Å². The number of carbonyl (C=O) groups is 1. The van der Waals surface area contributed by atoms with E-state index in [1.54, 1.807) is 7.11 Å². The Morgan fingerprint density at radius 2 is 1.97 bits per heavy atom. The number of phosphoric ester groups is 1. The monoisotopic (exact) mass is 551 g/mol. The Bertz CT molecular complexity index is 1440. The highest BCUT2D eigenvalue weighted by molar-refractivity contribution is 7.47. The molecule has 1 heterocycles. The van der Waals surface area contributed by atoms with Crippen LogP contribution in [0, 0.1) is 5.92 Å². The Balaban J connectivity index is 1.19. The molecule has 206 valence electrons. The van der Waals surface area contributed by atoms with Crippen molar-refractivity contribution >= 4 is 13.6 Å². The summed E-state index contributed by atoms with van der Waals surface area (Å²) in [6.45, 7) is 0.0656. The molecule has 6 atom stereocenters. The summed E-state index contributed by atoms with van der Waals surface area (Å²) in [5, 5.41) is 0. The van der Waals surface area contributed by atoms with Crippen LogP contribution in [-0.2, 0) is 43.1 Å². The predicted molar refractivity (Wildman–Crippen MR) is 144 cm³/mol. The molecule has 2 saturated carbocycles. The summed E-state index contributed by atoms with van der Waals surface area (Å²) >= 11 is 0. The van der Waals surface area contributed by atoms with Crippen LogP contribution in [0.1, 0.15) is 54.4 Å². The van der Waals surface area contributed by atoms with Crippen LogP contribution in [0.4, 0.5) is 0 Å². The Kier molecular flexibility index (Phi) is 5.89. The largest absolute Gasteiger partial charge is 0.493 e. The fraction of sp³-hybridized carbons (Fsp3) is 0.500. The van der Waals surface area contributed by atoms with Gasteiger partial charge in [-0.3, -0.25) is 13.8 Å². The first-order valence-corrected chi connectivity index (χ1v) is 15.4. The summed E-state index contributed by atoms with van der Waals surface area (Å²) in [7, 11) is -2.94. The zero-order valence-electron chi connectivity index (χ0n) is 22.1. The molecule has 0 amide bonds. The molecule has 6 unspecified atom stereocenters. The standard InChI is InChI=1S/C30H34NO7P/c1-35-25-9-8-21-17-22-23(31)10-13-29-26(21)27(25)37-28(29)24(32)11-14-30(22,29)38-39(33,34)36-15-12-18-6-7-19-4-2-3-5-20(19)16-18/h2-6,8-9,22-23,28H,7,10-17,31H2,1H3,(H,33,34). The highest BCUT2D eigenvalue weighted by Gasteiger charge is 2.75. The maximum Gasteiger partial charge on any atom is 0.472 e. The third-order valence-electron chi connectivity index (χ3n) is 9.88. The molecule has 2 aromatic rings. The Morgan fingerprint density at radius 3 is 2.79 bits per heavy atom. The normalized spacial score (nSPS) is 33.4. The highest BCUT2D eigenvalue weighted by atomic mass is 31.2. The molecule has 2 bridgehead atoms. The zero-order chi connectivity index (χ0) is 27.0. The second kappa shape index (κ2) is 9.02. The molecule has 9 heteroatoms. The zero-order valence-corrected chi connectivity index (χ0v) is 23.0. The van der Waals surface area contributed by atoms with Crippen LogP contribution in [0.5, 0.6) is 11.5 Å². The van der Waals surface area contributed by atoms with Gasteiger partial charge >= 0.3 is 7.82 Å². The summed E-state index contributed by atoms with van der Waals surface area (Å²) in [5.74, 6) is 0.834. The number of phosphoric acid groups is 1. The van der Waals surface area contributed by atoms with Crippen LogP contribution in [-0.4, -0.2) is 42.1 Å². The molecule has 2 fully saturated rings. The Morgan fingerprint density at radius 1 is 1.15 bits per heavy atom. The molecule has 5 aliphatic rings. The van der Waals surface area contributed by atoms with Crippen molar-refractivity contribution in [2.45, 2.75) is 74.5 Å². The summed E-state index contributed by atoms with van der Waals surface area (Å²) < 4.78 is 37.6. The fourth-order valence-corrected chi connectivity index (χ4v) is 9.39. The minimum atomic E-state index is -4.51. The van der Waals surface area contributed by atoms with Gasteiger partial charge in [-0.05, 0) is 67.7 Å². The first-order chi connectivity index (χ1) is 18.8. The van der Waals surface area contributed by atoms with Crippen molar-refractivity contribution in [1.29, 1.82) is 0 Å². The number of carbonyl (C=O) groups excluding carboxylic acids is 1. The van der Waals surface area contributed by atoms with Gasteiger partial charge in [0.1, 0.15) is 0 Å². The molecule has 7 rings (SSSR count). The maximum absolute atomic E-state index is 13.6. The van der Waals surface area contributed by atoms with Crippen LogP contribution in [0.2, 0.25) is 0 Å². The van der Waals surface area contributed by atoms with E-state index < -0.39 is 24.9 Å². The fourth-order valence-electron chi connectivity index (χ4n) is 8.22. The second-order valence-corrected chi connectivity index (χ2v) is 13.0. The molecular weight excluding hydrogens is 517 g/mol. The number of hydrogen-bond acceptors (Lipinski definition) is 7. The van der Waals surface area contributed by atoms with Crippen molar-refractivity contribution in [1.82, 2.24) is 0 Å². The molecular formula is C30H34NO7P. The molecule has 2 aromatic carbocycles. The summed E-state index contributed by atoms with van der Waals surface area (Å²) in [5.41, 5.74) is 10.3. The molecule has 1 spiro atoms. The van der Waals surface area contributed by atoms with E-state index in [-0.39, 0.29) is 30.8 Å². The minimum Gasteiger partial charge on any atom is -0.493 e. The molecule has 8 nitrogen and oxygen atoms in total. The highest BCUT2D eigenvalue weighted by Crippen LogP contribution is 2.71. The molecule has 4 aliphatic carbocycles. The van der Waals surface area contributed by atoms with Crippen molar-refractivity contribution in [3.63, 3.8) is 0 Å². The summed E-state index contributed by atoms with van der Waals surface area (Å²) in [4.78, 5) is 24.5. The number of allylic oxidation sites excluding steroid dienone is 1. The summed E-state index contributed by atoms with van der Waals surface area (Å²) in [6.07, 6.45) is 5.83. The SMILES string of the molecule is COc1ccc2c3c1OC1C(=O)CCC4(OP(=O)(O)OCCC5=CCc6ccccc6C5)C(C2)C(N)CCC314. The number of ether oxygens (including phenoxy) is 2. The van der Waals surface area contributed by atoms with Gasteiger partial charge in [-0.2, -0.15) is 0 Å². The third-order valence-corrected chi connectivity index (χ3v) is 10.9. The van der Waals surface area contributed by atoms with Gasteiger partial charge in [0.05, 0.1) is 24.7 Å². The van der Waals surface area contributed by atoms with Crippen molar-refractivity contribution in [2.75, 3.05) is 13.7 Å². The molecule has 0 radical (unpaired) electrons. The second-order valence-electron chi connectivity index (χ2n) is 11.6. The molecule has 3 N–H and O–H groups in total. The minimum absolute atomic E-state index is 0.0206.